The van der Waals surface area contributed by atoms with Crippen LogP contribution in [0.5, 0.6) is 5.88 Å². The van der Waals surface area contributed by atoms with E-state index in [0.29, 0.717) is 0 Å². The number of aromatic amines is 2. The molecule has 1 saturated heterocycles. The van der Waals surface area contributed by atoms with Crippen molar-refractivity contribution in [1.29, 1.82) is 0 Å². The zero-order chi connectivity index (χ0) is 17.0. The standard InChI is InChI=1S/C13H10N4O4S2.Na/c18-8-6(9(19)15-12(22)14-8)4-2-1-3-5-7-10(20)16-13(23)17-11(7)21;/h1-5H,(H2,14,15,18,19,22)(H3,16,17,20,21,23);/q;+1/b2-1+,5-3+;. The third kappa shape index (κ3) is 5.08. The van der Waals surface area contributed by atoms with Gasteiger partial charge in [0.15, 0.2) is 9.88 Å². The predicted octanol–water partition coefficient (Wildman–Crippen LogP) is -2.83. The van der Waals surface area contributed by atoms with Crippen molar-refractivity contribution in [2.24, 2.45) is 0 Å². The maximum Gasteiger partial charge on any atom is 1.00 e. The average molecular weight is 373 g/mol. The summed E-state index contributed by atoms with van der Waals surface area (Å²) in [4.78, 5) is 39.4. The molecule has 8 nitrogen and oxygen atoms in total. The van der Waals surface area contributed by atoms with Gasteiger partial charge in [0, 0.05) is 0 Å². The molecular weight excluding hydrogens is 363 g/mol. The van der Waals surface area contributed by atoms with Gasteiger partial charge in [-0.05, 0) is 36.6 Å². The zero-order valence-corrected chi connectivity index (χ0v) is 16.0. The Morgan fingerprint density at radius 2 is 1.54 bits per heavy atom. The Morgan fingerprint density at radius 1 is 0.917 bits per heavy atom. The molecule has 11 heteroatoms. The number of hydrogen-bond donors (Lipinski definition) is 5. The van der Waals surface area contributed by atoms with Crippen molar-refractivity contribution in [3.8, 4) is 5.88 Å². The van der Waals surface area contributed by atoms with Crippen molar-refractivity contribution in [3.63, 3.8) is 0 Å². The molecule has 0 spiro atoms. The third-order valence-electron chi connectivity index (χ3n) is 2.65. The van der Waals surface area contributed by atoms with Crippen molar-refractivity contribution in [2.75, 3.05) is 0 Å². The minimum Gasteiger partial charge on any atom is -0.494 e. The van der Waals surface area contributed by atoms with Gasteiger partial charge in [0.2, 0.25) is 5.88 Å². The fraction of sp³-hybridized carbons (Fsp3) is 0. The Morgan fingerprint density at radius 3 is 2.12 bits per heavy atom. The molecule has 24 heavy (non-hydrogen) atoms. The van der Waals surface area contributed by atoms with Crippen LogP contribution < -0.4 is 45.8 Å². The van der Waals surface area contributed by atoms with Crippen molar-refractivity contribution >= 4 is 47.4 Å². The molecule has 1 aliphatic rings. The van der Waals surface area contributed by atoms with Gasteiger partial charge < -0.3 is 10.1 Å². The van der Waals surface area contributed by atoms with Crippen LogP contribution in [0.15, 0.2) is 34.7 Å². The molecule has 0 unspecified atom stereocenters. The maximum atomic E-state index is 11.6. The van der Waals surface area contributed by atoms with Gasteiger partial charge >= 0.3 is 29.6 Å². The molecule has 2 amide bonds. The molecule has 2 heterocycles. The van der Waals surface area contributed by atoms with E-state index < -0.39 is 17.4 Å². The number of aromatic nitrogens is 2. The van der Waals surface area contributed by atoms with E-state index in [1.54, 1.807) is 0 Å². The summed E-state index contributed by atoms with van der Waals surface area (Å²) in [7, 11) is 0. The SMILES string of the molecule is O=C1NC(=S)NC(=O)C1=C/C=C/C=C/c1c(O)[nH]c(=S)[nH]c1=O.[Na+]. The summed E-state index contributed by atoms with van der Waals surface area (Å²) in [6.45, 7) is 0. The van der Waals surface area contributed by atoms with Crippen LogP contribution in [-0.4, -0.2) is 32.0 Å². The number of thiocarbonyl (C=S) groups is 1. The fourth-order valence-electron chi connectivity index (χ4n) is 1.63. The largest absolute Gasteiger partial charge is 1.00 e. The molecule has 0 atom stereocenters. The van der Waals surface area contributed by atoms with Crippen LogP contribution in [0.2, 0.25) is 0 Å². The second kappa shape index (κ2) is 8.85. The van der Waals surface area contributed by atoms with E-state index in [1.807, 2.05) is 0 Å². The molecule has 0 bridgehead atoms. The van der Waals surface area contributed by atoms with Crippen LogP contribution in [-0.2, 0) is 9.59 Å². The van der Waals surface area contributed by atoms with Crippen LogP contribution in [0.25, 0.3) is 6.08 Å². The van der Waals surface area contributed by atoms with E-state index in [2.05, 4.69) is 32.8 Å². The summed E-state index contributed by atoms with van der Waals surface area (Å²) in [5, 5.41) is 14.1. The Balaban J connectivity index is 0.00000288. The van der Waals surface area contributed by atoms with Crippen molar-refractivity contribution in [3.05, 3.63) is 50.6 Å². The van der Waals surface area contributed by atoms with Crippen LogP contribution in [0, 0.1) is 4.77 Å². The third-order valence-corrected chi connectivity index (χ3v) is 3.06. The van der Waals surface area contributed by atoms with Gasteiger partial charge in [-0.1, -0.05) is 18.2 Å². The van der Waals surface area contributed by atoms with E-state index >= 15 is 0 Å². The second-order valence-corrected chi connectivity index (χ2v) is 5.05. The number of H-pyrrole nitrogens is 2. The zero-order valence-electron chi connectivity index (χ0n) is 12.4. The number of nitrogens with one attached hydrogen (secondary N) is 4. The molecule has 0 aliphatic carbocycles. The van der Waals surface area contributed by atoms with Crippen molar-refractivity contribution in [1.82, 2.24) is 20.6 Å². The Kier molecular flexibility index (Phi) is 7.45. The summed E-state index contributed by atoms with van der Waals surface area (Å²) < 4.78 is 0.0113. The second-order valence-electron chi connectivity index (χ2n) is 4.23. The van der Waals surface area contributed by atoms with Gasteiger partial charge in [-0.15, -0.1) is 0 Å². The van der Waals surface area contributed by atoms with Gasteiger partial charge in [0.25, 0.3) is 17.4 Å². The summed E-state index contributed by atoms with van der Waals surface area (Å²) in [5.41, 5.74) is -0.657. The molecule has 118 valence electrons. The first-order chi connectivity index (χ1) is 10.9. The number of rotatable bonds is 3. The molecular formula is C13H10N4NaO4S2+. The Labute approximate surface area is 168 Å². The Hall–Kier alpha value is -1.85. The molecule has 0 aromatic carbocycles. The van der Waals surface area contributed by atoms with Crippen LogP contribution in [0.3, 0.4) is 0 Å². The molecule has 1 aliphatic heterocycles. The molecule has 1 aromatic heterocycles. The summed E-state index contributed by atoms with van der Waals surface area (Å²) in [6, 6.07) is 0. The molecule has 0 radical (unpaired) electrons. The Bertz CT molecular complexity index is 876. The first-order valence-electron chi connectivity index (χ1n) is 6.15. The molecule has 5 N–H and O–H groups in total. The summed E-state index contributed by atoms with van der Waals surface area (Å²) >= 11 is 9.37. The number of carbonyl (C=O) groups is 2. The van der Waals surface area contributed by atoms with Gasteiger partial charge in [-0.25, -0.2) is 0 Å². The average Bonchev–Trinajstić information content (AvgIpc) is 2.42. The quantitative estimate of drug-likeness (QED) is 0.128. The van der Waals surface area contributed by atoms with Crippen LogP contribution in [0.4, 0.5) is 0 Å². The first-order valence-corrected chi connectivity index (χ1v) is 6.97. The summed E-state index contributed by atoms with van der Waals surface area (Å²) in [6.07, 6.45) is 6.97. The number of hydrogen-bond acceptors (Lipinski definition) is 6. The minimum absolute atomic E-state index is 0. The van der Waals surface area contributed by atoms with Crippen molar-refractivity contribution in [2.45, 2.75) is 0 Å². The van der Waals surface area contributed by atoms with E-state index in [1.165, 1.54) is 30.4 Å². The molecule has 2 rings (SSSR count). The van der Waals surface area contributed by atoms with E-state index in [-0.39, 0.29) is 56.5 Å². The number of allylic oxidation sites excluding steroid dienone is 4. The predicted molar refractivity (Wildman–Crippen MR) is 89.1 cm³/mol. The topological polar surface area (TPSA) is 127 Å². The van der Waals surface area contributed by atoms with E-state index in [9.17, 15) is 19.5 Å². The monoisotopic (exact) mass is 373 g/mol. The van der Waals surface area contributed by atoms with Gasteiger partial charge in [-0.2, -0.15) is 0 Å². The fourth-order valence-corrected chi connectivity index (χ4v) is 2.01. The van der Waals surface area contributed by atoms with Crippen molar-refractivity contribution < 1.29 is 44.3 Å². The molecule has 1 fully saturated rings. The molecule has 1 aromatic rings. The molecule has 0 saturated carbocycles. The maximum absolute atomic E-state index is 11.6. The first kappa shape index (κ1) is 20.2. The smallest absolute Gasteiger partial charge is 0.494 e. The van der Waals surface area contributed by atoms with E-state index in [4.69, 9.17) is 12.2 Å². The number of amides is 2. The van der Waals surface area contributed by atoms with Gasteiger partial charge in [0.05, 0.1) is 5.56 Å². The van der Waals surface area contributed by atoms with Crippen LogP contribution in [0.1, 0.15) is 5.56 Å². The van der Waals surface area contributed by atoms with Gasteiger partial charge in [-0.3, -0.25) is 30.0 Å². The minimum atomic E-state index is -0.600. The van der Waals surface area contributed by atoms with Gasteiger partial charge in [0.1, 0.15) is 5.57 Å². The van der Waals surface area contributed by atoms with Crippen LogP contribution >= 0.6 is 24.4 Å². The normalized spacial score (nSPS) is 14.5. The summed E-state index contributed by atoms with van der Waals surface area (Å²) in [5.74, 6) is -1.56. The number of aromatic hydroxyl groups is 1. The number of carbonyl (C=O) groups excluding carboxylic acids is 2. The van der Waals surface area contributed by atoms with E-state index in [0.717, 1.165) is 0 Å².